The van der Waals surface area contributed by atoms with Crippen molar-refractivity contribution in [3.05, 3.63) is 76.0 Å². The summed E-state index contributed by atoms with van der Waals surface area (Å²) in [5.41, 5.74) is 8.91. The highest BCUT2D eigenvalue weighted by Crippen LogP contribution is 2.26. The number of benzene rings is 2. The summed E-state index contributed by atoms with van der Waals surface area (Å²) in [6, 6.07) is 17.5. The molecule has 1 amide bonds. The molecule has 0 radical (unpaired) electrons. The molecule has 0 saturated heterocycles. The lowest BCUT2D eigenvalue weighted by Crippen LogP contribution is -2.38. The molecule has 0 aliphatic carbocycles. The highest BCUT2D eigenvalue weighted by Gasteiger charge is 2.16. The number of carbonyl (C=O) groups is 1. The first-order chi connectivity index (χ1) is 16.9. The molecule has 0 aliphatic rings. The minimum Gasteiger partial charge on any atom is -0.377 e. The number of hydrogen-bond acceptors (Lipinski definition) is 5. The zero-order valence-corrected chi connectivity index (χ0v) is 20.4. The first-order valence-corrected chi connectivity index (χ1v) is 11.9. The molecular weight excluding hydrogens is 442 g/mol. The van der Waals surface area contributed by atoms with Crippen molar-refractivity contribution in [2.75, 3.05) is 32.1 Å². The molecule has 8 nitrogen and oxygen atoms in total. The quantitative estimate of drug-likeness (QED) is 0.178. The largest absolute Gasteiger partial charge is 0.377 e. The van der Waals surface area contributed by atoms with Gasteiger partial charge in [-0.25, -0.2) is 0 Å². The van der Waals surface area contributed by atoms with Gasteiger partial charge in [-0.1, -0.05) is 12.1 Å². The highest BCUT2D eigenvalue weighted by atomic mass is 16.6. The number of nitro benzene ring substituents is 1. The van der Waals surface area contributed by atoms with Gasteiger partial charge in [-0.2, -0.15) is 4.57 Å². The number of hydrogen-bond donors (Lipinski definition) is 2. The number of fused-ring (bicyclic) bond motifs is 1. The number of rotatable bonds is 12. The van der Waals surface area contributed by atoms with Crippen molar-refractivity contribution in [3.63, 3.8) is 0 Å². The molecule has 3 rings (SSSR count). The lowest BCUT2D eigenvalue weighted by Gasteiger charge is -2.12. The molecule has 0 spiro atoms. The third-order valence-electron chi connectivity index (χ3n) is 5.89. The van der Waals surface area contributed by atoms with E-state index in [4.69, 9.17) is 5.73 Å². The molecule has 3 N–H and O–H groups in total. The van der Waals surface area contributed by atoms with E-state index in [1.807, 2.05) is 49.3 Å². The van der Waals surface area contributed by atoms with E-state index in [1.54, 1.807) is 18.2 Å². The first kappa shape index (κ1) is 25.8. The van der Waals surface area contributed by atoms with Crippen LogP contribution in [-0.4, -0.2) is 38.0 Å². The Balaban J connectivity index is 1.80. The fourth-order valence-corrected chi connectivity index (χ4v) is 3.99. The van der Waals surface area contributed by atoms with Gasteiger partial charge in [0.05, 0.1) is 10.5 Å². The van der Waals surface area contributed by atoms with E-state index in [1.165, 1.54) is 0 Å². The molecule has 3 aromatic rings. The van der Waals surface area contributed by atoms with Crippen molar-refractivity contribution >= 4 is 40.3 Å². The maximum atomic E-state index is 11.8. The van der Waals surface area contributed by atoms with Crippen LogP contribution in [0.2, 0.25) is 0 Å². The Hall–Kier alpha value is -3.78. The monoisotopic (exact) mass is 476 g/mol. The number of aromatic nitrogens is 1. The van der Waals surface area contributed by atoms with Crippen LogP contribution in [0.15, 0.2) is 54.6 Å². The van der Waals surface area contributed by atoms with Gasteiger partial charge in [0.2, 0.25) is 17.1 Å². The molecule has 0 fully saturated rings. The third-order valence-corrected chi connectivity index (χ3v) is 5.89. The second kappa shape index (κ2) is 12.6. The summed E-state index contributed by atoms with van der Waals surface area (Å²) >= 11 is 0. The second-order valence-electron chi connectivity index (χ2n) is 8.65. The normalized spacial score (nSPS) is 11.2. The fraction of sp³-hybridized carbons (Fsp3) is 0.333. The summed E-state index contributed by atoms with van der Waals surface area (Å²) in [4.78, 5) is 25.0. The summed E-state index contributed by atoms with van der Waals surface area (Å²) in [5, 5.41) is 15.6. The number of anilines is 1. The second-order valence-corrected chi connectivity index (χ2v) is 8.65. The number of nitrogens with two attached hydrogens (primary N) is 1. The number of aryl methyl sites for hydroxylation is 1. The molecule has 35 heavy (non-hydrogen) atoms. The number of unbranched alkanes of at least 4 members (excludes halogenated alkanes) is 2. The topological polar surface area (TPSA) is 105 Å². The Kier molecular flexibility index (Phi) is 9.31. The molecule has 2 aromatic carbocycles. The lowest BCUT2D eigenvalue weighted by atomic mass is 10.1. The minimum atomic E-state index is -0.342. The highest BCUT2D eigenvalue weighted by molar-refractivity contribution is 5.79. The smallest absolute Gasteiger partial charge is 0.278 e. The van der Waals surface area contributed by atoms with E-state index in [9.17, 15) is 14.9 Å². The zero-order valence-electron chi connectivity index (χ0n) is 20.4. The van der Waals surface area contributed by atoms with Crippen LogP contribution in [0, 0.1) is 10.1 Å². The van der Waals surface area contributed by atoms with Crippen molar-refractivity contribution in [3.8, 4) is 0 Å². The number of nitrogens with one attached hydrogen (secondary N) is 1. The van der Waals surface area contributed by atoms with Crippen molar-refractivity contribution in [2.24, 2.45) is 5.73 Å². The molecule has 0 unspecified atom stereocenters. The SMILES string of the molecule is CN(C)c1ccc(/C=C/c2ccc3ccccc3[n+]2CCCCCC(=O)NCCN)c([N+](=O)[O-])c1. The van der Waals surface area contributed by atoms with Crippen molar-refractivity contribution in [1.29, 1.82) is 0 Å². The van der Waals surface area contributed by atoms with Gasteiger partial charge in [0, 0.05) is 75.4 Å². The summed E-state index contributed by atoms with van der Waals surface area (Å²) < 4.78 is 2.24. The van der Waals surface area contributed by atoms with Crippen LogP contribution in [0.5, 0.6) is 0 Å². The minimum absolute atomic E-state index is 0.0405. The average molecular weight is 477 g/mol. The van der Waals surface area contributed by atoms with Gasteiger partial charge in [-0.05, 0) is 43.2 Å². The number of nitro groups is 1. The lowest BCUT2D eigenvalue weighted by molar-refractivity contribution is -0.673. The van der Waals surface area contributed by atoms with Crippen LogP contribution in [0.4, 0.5) is 11.4 Å². The van der Waals surface area contributed by atoms with Crippen LogP contribution in [-0.2, 0) is 11.3 Å². The van der Waals surface area contributed by atoms with E-state index in [-0.39, 0.29) is 16.5 Å². The Morgan fingerprint density at radius 2 is 1.89 bits per heavy atom. The van der Waals surface area contributed by atoms with E-state index < -0.39 is 0 Å². The summed E-state index contributed by atoms with van der Waals surface area (Å²) in [6.45, 7) is 1.74. The van der Waals surface area contributed by atoms with Crippen LogP contribution < -0.4 is 20.5 Å². The molecule has 1 heterocycles. The summed E-state index contributed by atoms with van der Waals surface area (Å²) in [6.07, 6.45) is 6.90. The van der Waals surface area contributed by atoms with Gasteiger partial charge in [0.25, 0.3) is 5.69 Å². The van der Waals surface area contributed by atoms with Crippen molar-refractivity contribution < 1.29 is 14.3 Å². The average Bonchev–Trinajstić information content (AvgIpc) is 2.86. The number of pyridine rings is 1. The van der Waals surface area contributed by atoms with Gasteiger partial charge >= 0.3 is 0 Å². The van der Waals surface area contributed by atoms with E-state index >= 15 is 0 Å². The predicted octanol–water partition coefficient (Wildman–Crippen LogP) is 3.91. The molecule has 0 saturated carbocycles. The standard InChI is InChI=1S/C27H33N5O3/c1-30(2)24-16-13-22(26(20-24)32(34)35)12-15-23-14-11-21-8-5-6-9-25(21)31(23)19-7-3-4-10-27(33)29-18-17-28/h5-6,8-9,11-16,20H,3-4,7,10,17-19,28H2,1-2H3/p+1. The number of para-hydroxylation sites is 1. The molecule has 1 aromatic heterocycles. The maximum Gasteiger partial charge on any atom is 0.278 e. The Labute approximate surface area is 206 Å². The molecular formula is C27H34N5O3+. The van der Waals surface area contributed by atoms with Gasteiger partial charge < -0.3 is 16.0 Å². The first-order valence-electron chi connectivity index (χ1n) is 11.9. The van der Waals surface area contributed by atoms with Crippen LogP contribution in [0.25, 0.3) is 23.1 Å². The number of nitrogens with zero attached hydrogens (tertiary/aromatic N) is 3. The van der Waals surface area contributed by atoms with Crippen molar-refractivity contribution in [1.82, 2.24) is 5.32 Å². The fourth-order valence-electron chi connectivity index (χ4n) is 3.99. The molecule has 0 atom stereocenters. The molecule has 0 aliphatic heterocycles. The van der Waals surface area contributed by atoms with Gasteiger partial charge in [0.15, 0.2) is 0 Å². The number of amides is 1. The van der Waals surface area contributed by atoms with Gasteiger partial charge in [-0.3, -0.25) is 14.9 Å². The Morgan fingerprint density at radius 1 is 1.09 bits per heavy atom. The Morgan fingerprint density at radius 3 is 2.63 bits per heavy atom. The Bertz CT molecular complexity index is 1210. The van der Waals surface area contributed by atoms with Gasteiger partial charge in [0.1, 0.15) is 6.54 Å². The zero-order chi connectivity index (χ0) is 25.2. The summed E-state index contributed by atoms with van der Waals surface area (Å²) in [7, 11) is 3.72. The van der Waals surface area contributed by atoms with Crippen LogP contribution in [0.3, 0.4) is 0 Å². The van der Waals surface area contributed by atoms with Crippen LogP contribution >= 0.6 is 0 Å². The third kappa shape index (κ3) is 7.10. The van der Waals surface area contributed by atoms with Crippen LogP contribution in [0.1, 0.15) is 36.9 Å². The van der Waals surface area contributed by atoms with E-state index in [0.717, 1.165) is 48.1 Å². The number of carbonyl (C=O) groups excluding carboxylic acids is 1. The maximum absolute atomic E-state index is 11.8. The molecule has 0 bridgehead atoms. The van der Waals surface area contributed by atoms with Crippen molar-refractivity contribution in [2.45, 2.75) is 32.2 Å². The molecule has 8 heteroatoms. The van der Waals surface area contributed by atoms with E-state index in [2.05, 4.69) is 28.1 Å². The summed E-state index contributed by atoms with van der Waals surface area (Å²) in [5.74, 6) is 0.0405. The van der Waals surface area contributed by atoms with E-state index in [0.29, 0.717) is 25.1 Å². The molecule has 184 valence electrons. The van der Waals surface area contributed by atoms with Gasteiger partial charge in [-0.15, -0.1) is 0 Å². The predicted molar refractivity (Wildman–Crippen MR) is 141 cm³/mol.